The van der Waals surface area contributed by atoms with Crippen LogP contribution in [0.5, 0.6) is 0 Å². The van der Waals surface area contributed by atoms with Crippen molar-refractivity contribution in [3.05, 3.63) is 87.9 Å². The molecule has 1 atom stereocenters. The molecule has 1 aromatic heterocycles. The first-order valence-corrected chi connectivity index (χ1v) is 12.1. The fourth-order valence-electron chi connectivity index (χ4n) is 3.35. The van der Waals surface area contributed by atoms with Crippen LogP contribution in [0.15, 0.2) is 71.9 Å². The Hall–Kier alpha value is -2.73. The number of benzene rings is 3. The van der Waals surface area contributed by atoms with Crippen molar-refractivity contribution < 1.29 is 4.79 Å². The number of nitrogens with one attached hydrogen (secondary N) is 2. The van der Waals surface area contributed by atoms with Gasteiger partial charge >= 0.3 is 0 Å². The Morgan fingerprint density at radius 2 is 1.45 bits per heavy atom. The monoisotopic (exact) mass is 495 g/mol. The van der Waals surface area contributed by atoms with Gasteiger partial charge in [0, 0.05) is 26.9 Å². The molecule has 0 bridgehead atoms. The molecule has 33 heavy (non-hydrogen) atoms. The van der Waals surface area contributed by atoms with Crippen LogP contribution in [0.25, 0.3) is 22.5 Å². The van der Waals surface area contributed by atoms with E-state index in [1.54, 1.807) is 18.2 Å². The molecule has 0 saturated heterocycles. The molecule has 1 heterocycles. The Morgan fingerprint density at radius 1 is 0.909 bits per heavy atom. The third-order valence-electron chi connectivity index (χ3n) is 5.14. The van der Waals surface area contributed by atoms with E-state index >= 15 is 0 Å². The highest BCUT2D eigenvalue weighted by Crippen LogP contribution is 2.34. The number of halogens is 2. The summed E-state index contributed by atoms with van der Waals surface area (Å²) in [7, 11) is 0. The minimum absolute atomic E-state index is 0.163. The van der Waals surface area contributed by atoms with Crippen LogP contribution in [0.2, 0.25) is 10.0 Å². The van der Waals surface area contributed by atoms with Crippen LogP contribution in [-0.2, 0) is 4.79 Å². The number of imidazole rings is 1. The number of rotatable bonds is 6. The third kappa shape index (κ3) is 5.80. The standard InChI is InChI=1S/C26H23Cl2N3OS/c1-15-4-8-18(9-5-15)23-24(19-10-6-16(2)7-11-19)31-26(30-23)33-17(3)25(32)29-22-13-20(27)12-21(28)14-22/h4-14,17H,1-3H3,(H,29,32)(H,30,31). The van der Waals surface area contributed by atoms with Crippen molar-refractivity contribution in [3.8, 4) is 22.5 Å². The Kier molecular flexibility index (Phi) is 7.13. The first-order chi connectivity index (χ1) is 15.8. The minimum Gasteiger partial charge on any atom is -0.332 e. The van der Waals surface area contributed by atoms with Crippen molar-refractivity contribution in [1.82, 2.24) is 9.97 Å². The first-order valence-electron chi connectivity index (χ1n) is 10.5. The van der Waals surface area contributed by atoms with Crippen molar-refractivity contribution in [3.63, 3.8) is 0 Å². The van der Waals surface area contributed by atoms with Crippen molar-refractivity contribution in [2.45, 2.75) is 31.2 Å². The normalized spacial score (nSPS) is 11.9. The zero-order chi connectivity index (χ0) is 23.5. The smallest absolute Gasteiger partial charge is 0.237 e. The molecule has 1 unspecified atom stereocenters. The van der Waals surface area contributed by atoms with Gasteiger partial charge in [-0.3, -0.25) is 4.79 Å². The molecule has 0 saturated carbocycles. The van der Waals surface area contributed by atoms with Crippen molar-refractivity contribution in [1.29, 1.82) is 0 Å². The van der Waals surface area contributed by atoms with E-state index in [2.05, 4.69) is 72.7 Å². The molecule has 2 N–H and O–H groups in total. The second-order valence-corrected chi connectivity index (χ2v) is 10.1. The van der Waals surface area contributed by atoms with Crippen LogP contribution in [0.4, 0.5) is 5.69 Å². The number of anilines is 1. The van der Waals surface area contributed by atoms with E-state index in [0.717, 1.165) is 22.5 Å². The number of thioether (sulfide) groups is 1. The molecule has 0 aliphatic heterocycles. The summed E-state index contributed by atoms with van der Waals surface area (Å²) >= 11 is 13.5. The van der Waals surface area contributed by atoms with Crippen molar-refractivity contribution >= 4 is 46.6 Å². The van der Waals surface area contributed by atoms with Crippen LogP contribution in [0, 0.1) is 13.8 Å². The van der Waals surface area contributed by atoms with Crippen molar-refractivity contribution in [2.24, 2.45) is 0 Å². The van der Waals surface area contributed by atoms with Gasteiger partial charge in [0.15, 0.2) is 5.16 Å². The molecule has 7 heteroatoms. The van der Waals surface area contributed by atoms with Gasteiger partial charge in [-0.1, -0.05) is 94.6 Å². The lowest BCUT2D eigenvalue weighted by molar-refractivity contribution is -0.115. The van der Waals surface area contributed by atoms with Crippen LogP contribution in [-0.4, -0.2) is 21.1 Å². The van der Waals surface area contributed by atoms with E-state index in [1.165, 1.54) is 22.9 Å². The molecule has 0 aliphatic carbocycles. The van der Waals surface area contributed by atoms with E-state index in [1.807, 2.05) is 6.92 Å². The lowest BCUT2D eigenvalue weighted by Gasteiger charge is -2.11. The molecule has 0 fully saturated rings. The molecule has 0 spiro atoms. The molecule has 3 aromatic carbocycles. The number of aromatic amines is 1. The number of carbonyl (C=O) groups excluding carboxylic acids is 1. The van der Waals surface area contributed by atoms with E-state index < -0.39 is 5.25 Å². The largest absolute Gasteiger partial charge is 0.332 e. The number of aryl methyl sites for hydroxylation is 2. The summed E-state index contributed by atoms with van der Waals surface area (Å²) in [5, 5.41) is 4.08. The molecular formula is C26H23Cl2N3OS. The highest BCUT2D eigenvalue weighted by atomic mass is 35.5. The van der Waals surface area contributed by atoms with Gasteiger partial charge in [0.1, 0.15) is 0 Å². The number of nitrogens with zero attached hydrogens (tertiary/aromatic N) is 1. The van der Waals surface area contributed by atoms with E-state index in [9.17, 15) is 4.79 Å². The summed E-state index contributed by atoms with van der Waals surface area (Å²) in [5.74, 6) is -0.163. The molecule has 4 aromatic rings. The molecule has 1 amide bonds. The molecule has 4 rings (SSSR count). The summed E-state index contributed by atoms with van der Waals surface area (Å²) in [4.78, 5) is 21.1. The fourth-order valence-corrected chi connectivity index (χ4v) is 4.68. The van der Waals surface area contributed by atoms with Crippen LogP contribution < -0.4 is 5.32 Å². The number of amides is 1. The third-order valence-corrected chi connectivity index (χ3v) is 6.56. The second kappa shape index (κ2) is 10.0. The Morgan fingerprint density at radius 3 is 2.03 bits per heavy atom. The number of aromatic nitrogens is 2. The van der Waals surface area contributed by atoms with Gasteiger partial charge in [0.2, 0.25) is 5.91 Å². The molecular weight excluding hydrogens is 473 g/mol. The number of H-pyrrole nitrogens is 1. The Labute approximate surface area is 207 Å². The Bertz CT molecular complexity index is 1200. The van der Waals surface area contributed by atoms with Crippen LogP contribution in [0.3, 0.4) is 0 Å². The highest BCUT2D eigenvalue weighted by Gasteiger charge is 2.20. The van der Waals surface area contributed by atoms with Gasteiger partial charge in [0.25, 0.3) is 0 Å². The number of hydrogen-bond acceptors (Lipinski definition) is 3. The average molecular weight is 496 g/mol. The lowest BCUT2D eigenvalue weighted by Crippen LogP contribution is -2.22. The maximum Gasteiger partial charge on any atom is 0.237 e. The molecule has 168 valence electrons. The number of hydrogen-bond donors (Lipinski definition) is 2. The van der Waals surface area contributed by atoms with Crippen LogP contribution in [0.1, 0.15) is 18.1 Å². The summed E-state index contributed by atoms with van der Waals surface area (Å²) in [6, 6.07) is 21.5. The zero-order valence-corrected chi connectivity index (χ0v) is 20.8. The van der Waals surface area contributed by atoms with Crippen molar-refractivity contribution in [2.75, 3.05) is 5.32 Å². The first kappa shape index (κ1) is 23.4. The zero-order valence-electron chi connectivity index (χ0n) is 18.4. The van der Waals surface area contributed by atoms with Crippen LogP contribution >= 0.6 is 35.0 Å². The summed E-state index contributed by atoms with van der Waals surface area (Å²) in [6.45, 7) is 5.96. The maximum absolute atomic E-state index is 12.8. The molecule has 0 radical (unpaired) electrons. The van der Waals surface area contributed by atoms with Gasteiger partial charge in [-0.15, -0.1) is 0 Å². The average Bonchev–Trinajstić information content (AvgIpc) is 3.17. The summed E-state index contributed by atoms with van der Waals surface area (Å²) in [6.07, 6.45) is 0. The summed E-state index contributed by atoms with van der Waals surface area (Å²) < 4.78 is 0. The molecule has 4 nitrogen and oxygen atoms in total. The Balaban J connectivity index is 1.60. The van der Waals surface area contributed by atoms with Gasteiger partial charge in [0.05, 0.1) is 16.6 Å². The topological polar surface area (TPSA) is 57.8 Å². The fraction of sp³-hybridized carbons (Fsp3) is 0.154. The van der Waals surface area contributed by atoms with Gasteiger partial charge in [-0.25, -0.2) is 4.98 Å². The highest BCUT2D eigenvalue weighted by molar-refractivity contribution is 8.00. The minimum atomic E-state index is -0.398. The van der Waals surface area contributed by atoms with Gasteiger partial charge in [-0.2, -0.15) is 0 Å². The quantitative estimate of drug-likeness (QED) is 0.268. The predicted molar refractivity (Wildman–Crippen MR) is 139 cm³/mol. The summed E-state index contributed by atoms with van der Waals surface area (Å²) in [5.41, 5.74) is 6.78. The van der Waals surface area contributed by atoms with E-state index in [0.29, 0.717) is 20.9 Å². The predicted octanol–water partition coefficient (Wildman–Crippen LogP) is 7.79. The second-order valence-electron chi connectivity index (χ2n) is 7.91. The maximum atomic E-state index is 12.8. The van der Waals surface area contributed by atoms with Gasteiger partial charge < -0.3 is 10.3 Å². The number of carbonyl (C=O) groups is 1. The lowest BCUT2D eigenvalue weighted by atomic mass is 10.0. The molecule has 0 aliphatic rings. The van der Waals surface area contributed by atoms with E-state index in [4.69, 9.17) is 28.2 Å². The SMILES string of the molecule is Cc1ccc(-c2nc(SC(C)C(=O)Nc3cc(Cl)cc(Cl)c3)[nH]c2-c2ccc(C)cc2)cc1. The van der Waals surface area contributed by atoms with Gasteiger partial charge in [-0.05, 0) is 39.0 Å². The van der Waals surface area contributed by atoms with E-state index in [-0.39, 0.29) is 5.91 Å².